The molecule has 2 aromatic rings. The van der Waals surface area contributed by atoms with Gasteiger partial charge in [-0.3, -0.25) is 0 Å². The number of piperazine rings is 1. The first kappa shape index (κ1) is 13.6. The lowest BCUT2D eigenvalue weighted by Crippen LogP contribution is -2.47. The highest BCUT2D eigenvalue weighted by atomic mass is 35.5. The average molecular weight is 313 g/mol. The Bertz CT molecular complexity index is 570. The molecule has 2 aromatic heterocycles. The van der Waals surface area contributed by atoms with Crippen LogP contribution in [0.2, 0.25) is 0 Å². The first-order chi connectivity index (χ1) is 9.78. The summed E-state index contributed by atoms with van der Waals surface area (Å²) in [7, 11) is 0. The summed E-state index contributed by atoms with van der Waals surface area (Å²) < 4.78 is 13.2. The molecule has 0 radical (unpaired) electrons. The van der Waals surface area contributed by atoms with E-state index in [0.717, 1.165) is 42.7 Å². The summed E-state index contributed by atoms with van der Waals surface area (Å²) in [4.78, 5) is 12.9. The zero-order valence-corrected chi connectivity index (χ0v) is 12.4. The maximum atomic E-state index is 13.2. The van der Waals surface area contributed by atoms with E-state index in [9.17, 15) is 4.39 Å². The molecular formula is C13H14ClFN4S. The lowest BCUT2D eigenvalue weighted by Gasteiger charge is -2.35. The van der Waals surface area contributed by atoms with Gasteiger partial charge in [0.1, 0.15) is 11.6 Å². The van der Waals surface area contributed by atoms with Crippen molar-refractivity contribution >= 4 is 33.9 Å². The monoisotopic (exact) mass is 312 g/mol. The summed E-state index contributed by atoms with van der Waals surface area (Å²) in [6.45, 7) is 3.44. The number of anilines is 2. The van der Waals surface area contributed by atoms with Crippen molar-refractivity contribution in [2.75, 3.05) is 36.0 Å². The molecule has 7 heteroatoms. The first-order valence-corrected chi connectivity index (χ1v) is 7.79. The van der Waals surface area contributed by atoms with Crippen molar-refractivity contribution in [2.24, 2.45) is 0 Å². The molecule has 4 nitrogen and oxygen atoms in total. The fourth-order valence-corrected chi connectivity index (χ4v) is 3.23. The first-order valence-electron chi connectivity index (χ1n) is 6.37. The molecule has 1 aliphatic heterocycles. The zero-order valence-electron chi connectivity index (χ0n) is 10.8. The van der Waals surface area contributed by atoms with Gasteiger partial charge < -0.3 is 9.80 Å². The predicted molar refractivity (Wildman–Crippen MR) is 80.3 cm³/mol. The van der Waals surface area contributed by atoms with Crippen molar-refractivity contribution in [3.8, 4) is 0 Å². The minimum Gasteiger partial charge on any atom is -0.353 e. The van der Waals surface area contributed by atoms with E-state index in [1.807, 2.05) is 11.6 Å². The number of aromatic nitrogens is 2. The Hall–Kier alpha value is -1.40. The van der Waals surface area contributed by atoms with Crippen LogP contribution in [0, 0.1) is 5.82 Å². The van der Waals surface area contributed by atoms with Gasteiger partial charge in [0.05, 0.1) is 12.1 Å². The number of hydrogen-bond donors (Lipinski definition) is 0. The highest BCUT2D eigenvalue weighted by Crippen LogP contribution is 2.24. The molecule has 106 valence electrons. The van der Waals surface area contributed by atoms with Crippen LogP contribution in [0.3, 0.4) is 0 Å². The molecular weight excluding hydrogens is 299 g/mol. The molecule has 0 bridgehead atoms. The van der Waals surface area contributed by atoms with E-state index in [-0.39, 0.29) is 11.7 Å². The summed E-state index contributed by atoms with van der Waals surface area (Å²) in [5, 5.41) is 3.03. The molecule has 20 heavy (non-hydrogen) atoms. The van der Waals surface area contributed by atoms with Crippen LogP contribution in [0.5, 0.6) is 0 Å². The maximum Gasteiger partial charge on any atom is 0.185 e. The number of hydrogen-bond acceptors (Lipinski definition) is 5. The van der Waals surface area contributed by atoms with Gasteiger partial charge in [-0.2, -0.15) is 0 Å². The standard InChI is InChI=1S/C13H14ClFN4S/c14-8-10-7-11(15)9-17-12(10)18-2-4-19(5-3-18)13-16-1-6-20-13/h1,6-7,9H,2-5,8H2. The summed E-state index contributed by atoms with van der Waals surface area (Å²) in [5.41, 5.74) is 0.745. The van der Waals surface area contributed by atoms with Crippen LogP contribution in [-0.2, 0) is 5.88 Å². The van der Waals surface area contributed by atoms with E-state index in [4.69, 9.17) is 11.6 Å². The summed E-state index contributed by atoms with van der Waals surface area (Å²) in [6.07, 6.45) is 3.07. The number of halogens is 2. The van der Waals surface area contributed by atoms with Crippen molar-refractivity contribution < 1.29 is 4.39 Å². The Morgan fingerprint density at radius 3 is 2.60 bits per heavy atom. The molecule has 1 aliphatic rings. The summed E-state index contributed by atoms with van der Waals surface area (Å²) >= 11 is 7.53. The molecule has 0 atom stereocenters. The zero-order chi connectivity index (χ0) is 13.9. The molecule has 0 N–H and O–H groups in total. The van der Waals surface area contributed by atoms with E-state index in [1.54, 1.807) is 11.3 Å². The van der Waals surface area contributed by atoms with Crippen LogP contribution in [0.4, 0.5) is 15.3 Å². The fourth-order valence-electron chi connectivity index (χ4n) is 2.34. The second-order valence-electron chi connectivity index (χ2n) is 4.56. The lowest BCUT2D eigenvalue weighted by molar-refractivity contribution is 0.612. The number of nitrogens with zero attached hydrogens (tertiary/aromatic N) is 4. The van der Waals surface area contributed by atoms with Gasteiger partial charge in [-0.25, -0.2) is 14.4 Å². The number of alkyl halides is 1. The van der Waals surface area contributed by atoms with Gasteiger partial charge in [0, 0.05) is 43.3 Å². The third kappa shape index (κ3) is 2.71. The van der Waals surface area contributed by atoms with E-state index < -0.39 is 0 Å². The smallest absolute Gasteiger partial charge is 0.185 e. The Labute approximate surface area is 125 Å². The molecule has 0 unspecified atom stereocenters. The van der Waals surface area contributed by atoms with Gasteiger partial charge in [0.25, 0.3) is 0 Å². The van der Waals surface area contributed by atoms with Crippen molar-refractivity contribution in [3.63, 3.8) is 0 Å². The summed E-state index contributed by atoms with van der Waals surface area (Å²) in [6, 6.07) is 1.46. The van der Waals surface area contributed by atoms with Gasteiger partial charge in [-0.05, 0) is 6.07 Å². The van der Waals surface area contributed by atoms with E-state index >= 15 is 0 Å². The number of rotatable bonds is 3. The van der Waals surface area contributed by atoms with E-state index in [2.05, 4.69) is 19.8 Å². The fraction of sp³-hybridized carbons (Fsp3) is 0.385. The Kier molecular flexibility index (Phi) is 4.03. The molecule has 1 saturated heterocycles. The van der Waals surface area contributed by atoms with Crippen LogP contribution >= 0.6 is 22.9 Å². The van der Waals surface area contributed by atoms with Crippen molar-refractivity contribution in [2.45, 2.75) is 5.88 Å². The summed E-state index contributed by atoms with van der Waals surface area (Å²) in [5.74, 6) is 0.721. The van der Waals surface area contributed by atoms with Gasteiger partial charge >= 0.3 is 0 Å². The average Bonchev–Trinajstić information content (AvgIpc) is 3.01. The van der Waals surface area contributed by atoms with Crippen LogP contribution in [0.1, 0.15) is 5.56 Å². The van der Waals surface area contributed by atoms with Crippen LogP contribution in [0.25, 0.3) is 0 Å². The van der Waals surface area contributed by atoms with Gasteiger partial charge in [-0.1, -0.05) is 0 Å². The van der Waals surface area contributed by atoms with E-state index in [0.29, 0.717) is 0 Å². The van der Waals surface area contributed by atoms with Crippen molar-refractivity contribution in [1.82, 2.24) is 9.97 Å². The number of thiazole rings is 1. The van der Waals surface area contributed by atoms with Gasteiger partial charge in [0.15, 0.2) is 5.13 Å². The highest BCUT2D eigenvalue weighted by molar-refractivity contribution is 7.13. The second-order valence-corrected chi connectivity index (χ2v) is 5.70. The van der Waals surface area contributed by atoms with Crippen molar-refractivity contribution in [1.29, 1.82) is 0 Å². The molecule has 0 aliphatic carbocycles. The van der Waals surface area contributed by atoms with Gasteiger partial charge in [-0.15, -0.1) is 22.9 Å². The minimum absolute atomic E-state index is 0.271. The molecule has 3 rings (SSSR count). The largest absolute Gasteiger partial charge is 0.353 e. The molecule has 3 heterocycles. The third-order valence-corrected chi connectivity index (χ3v) is 4.44. The Morgan fingerprint density at radius 2 is 1.95 bits per heavy atom. The topological polar surface area (TPSA) is 32.3 Å². The van der Waals surface area contributed by atoms with Crippen LogP contribution in [-0.4, -0.2) is 36.1 Å². The number of pyridine rings is 1. The Morgan fingerprint density at radius 1 is 1.20 bits per heavy atom. The van der Waals surface area contributed by atoms with Crippen LogP contribution in [0.15, 0.2) is 23.8 Å². The van der Waals surface area contributed by atoms with E-state index in [1.165, 1.54) is 12.3 Å². The normalized spacial score (nSPS) is 15.7. The molecule has 0 spiro atoms. The maximum absolute atomic E-state index is 13.2. The highest BCUT2D eigenvalue weighted by Gasteiger charge is 2.21. The second kappa shape index (κ2) is 5.93. The molecule has 0 aromatic carbocycles. The molecule has 0 saturated carbocycles. The van der Waals surface area contributed by atoms with Crippen LogP contribution < -0.4 is 9.80 Å². The molecule has 0 amide bonds. The minimum atomic E-state index is -0.342. The van der Waals surface area contributed by atoms with Crippen molar-refractivity contribution in [3.05, 3.63) is 35.2 Å². The molecule has 1 fully saturated rings. The Balaban J connectivity index is 1.72. The van der Waals surface area contributed by atoms with Gasteiger partial charge in [0.2, 0.25) is 0 Å². The third-order valence-electron chi connectivity index (χ3n) is 3.32. The predicted octanol–water partition coefficient (Wildman–Crippen LogP) is 2.74. The SMILES string of the molecule is Fc1cnc(N2CCN(c3nccs3)CC2)c(CCl)c1. The lowest BCUT2D eigenvalue weighted by atomic mass is 10.2. The quantitative estimate of drug-likeness (QED) is 0.816.